The van der Waals surface area contributed by atoms with Gasteiger partial charge in [0.1, 0.15) is 0 Å². The standard InChI is InChI=1S/C22H35ClO4/c1-2-22(13-8-14-22)20(25)11-7-10-17-16(18(23)15-19(17)24)9-5-3-4-6-12-21(26)27/h3,5,7,10,16-20,24-25H,2,4,6,8-9,11-15H2,1H3,(H,26,27)/t16-,17-,18?,19-,20+/m1/s1. The fraction of sp³-hybridized carbons (Fsp3) is 0.773. The van der Waals surface area contributed by atoms with Gasteiger partial charge in [-0.2, -0.15) is 0 Å². The lowest BCUT2D eigenvalue weighted by molar-refractivity contribution is -0.137. The van der Waals surface area contributed by atoms with Gasteiger partial charge in [-0.25, -0.2) is 0 Å². The minimum Gasteiger partial charge on any atom is -0.481 e. The first-order valence-corrected chi connectivity index (χ1v) is 10.9. The molecule has 5 atom stereocenters. The number of carbonyl (C=O) groups is 1. The lowest BCUT2D eigenvalue weighted by Gasteiger charge is -2.45. The first-order chi connectivity index (χ1) is 12.9. The first kappa shape index (κ1) is 22.4. The number of aliphatic hydroxyl groups is 2. The highest BCUT2D eigenvalue weighted by molar-refractivity contribution is 6.21. The second kappa shape index (κ2) is 10.6. The van der Waals surface area contributed by atoms with E-state index in [0.717, 1.165) is 32.1 Å². The van der Waals surface area contributed by atoms with Crippen LogP contribution in [0.2, 0.25) is 0 Å². The number of aliphatic hydroxyl groups excluding tert-OH is 2. The fourth-order valence-corrected chi connectivity index (χ4v) is 5.03. The van der Waals surface area contributed by atoms with Crippen LogP contribution in [0.1, 0.15) is 71.1 Å². The maximum Gasteiger partial charge on any atom is 0.303 e. The number of carboxylic acids is 1. The maximum absolute atomic E-state index is 10.5. The number of alkyl halides is 1. The van der Waals surface area contributed by atoms with Crippen LogP contribution >= 0.6 is 11.6 Å². The summed E-state index contributed by atoms with van der Waals surface area (Å²) in [5.41, 5.74) is 0.103. The summed E-state index contributed by atoms with van der Waals surface area (Å²) < 4.78 is 0. The van der Waals surface area contributed by atoms with Crippen molar-refractivity contribution in [1.29, 1.82) is 0 Å². The van der Waals surface area contributed by atoms with Crippen molar-refractivity contribution >= 4 is 17.6 Å². The van der Waals surface area contributed by atoms with Gasteiger partial charge in [-0.15, -0.1) is 11.6 Å². The fourth-order valence-electron chi connectivity index (χ4n) is 4.58. The molecule has 3 N–H and O–H groups in total. The van der Waals surface area contributed by atoms with E-state index in [1.807, 2.05) is 12.2 Å². The van der Waals surface area contributed by atoms with Crippen molar-refractivity contribution in [3.63, 3.8) is 0 Å². The second-order valence-electron chi connectivity index (χ2n) is 8.30. The van der Waals surface area contributed by atoms with Crippen LogP contribution in [0.4, 0.5) is 0 Å². The van der Waals surface area contributed by atoms with E-state index < -0.39 is 12.1 Å². The Balaban J connectivity index is 1.83. The summed E-state index contributed by atoms with van der Waals surface area (Å²) >= 11 is 6.46. The van der Waals surface area contributed by atoms with Crippen molar-refractivity contribution in [1.82, 2.24) is 0 Å². The highest BCUT2D eigenvalue weighted by atomic mass is 35.5. The molecule has 2 rings (SSSR count). The van der Waals surface area contributed by atoms with E-state index in [-0.39, 0.29) is 35.2 Å². The molecular formula is C22H35ClO4. The van der Waals surface area contributed by atoms with Crippen LogP contribution < -0.4 is 0 Å². The maximum atomic E-state index is 10.5. The van der Waals surface area contributed by atoms with Crippen LogP contribution in [0.5, 0.6) is 0 Å². The molecular weight excluding hydrogens is 364 g/mol. The van der Waals surface area contributed by atoms with Crippen molar-refractivity contribution < 1.29 is 20.1 Å². The summed E-state index contributed by atoms with van der Waals surface area (Å²) in [4.78, 5) is 10.5. The Hall–Kier alpha value is -0.840. The third-order valence-corrected chi connectivity index (χ3v) is 7.19. The predicted molar refractivity (Wildman–Crippen MR) is 109 cm³/mol. The minimum atomic E-state index is -0.762. The zero-order valence-corrected chi connectivity index (χ0v) is 17.2. The van der Waals surface area contributed by atoms with Crippen LogP contribution in [-0.4, -0.2) is 38.9 Å². The number of rotatable bonds is 11. The number of hydrogen-bond donors (Lipinski definition) is 3. The molecule has 4 nitrogen and oxygen atoms in total. The molecule has 0 aliphatic heterocycles. The zero-order chi connectivity index (χ0) is 19.9. The molecule has 0 aromatic carbocycles. The van der Waals surface area contributed by atoms with Gasteiger partial charge in [0.2, 0.25) is 0 Å². The molecule has 2 saturated carbocycles. The van der Waals surface area contributed by atoms with Gasteiger partial charge in [-0.05, 0) is 62.7 Å². The highest BCUT2D eigenvalue weighted by Crippen LogP contribution is 2.47. The van der Waals surface area contributed by atoms with Crippen LogP contribution in [0.3, 0.4) is 0 Å². The molecule has 2 aliphatic rings. The predicted octanol–water partition coefficient (Wildman–Crippen LogP) is 4.68. The van der Waals surface area contributed by atoms with Crippen LogP contribution in [0.25, 0.3) is 0 Å². The lowest BCUT2D eigenvalue weighted by atomic mass is 9.63. The molecule has 0 bridgehead atoms. The second-order valence-corrected chi connectivity index (χ2v) is 8.86. The van der Waals surface area contributed by atoms with Gasteiger partial charge < -0.3 is 15.3 Å². The van der Waals surface area contributed by atoms with Gasteiger partial charge in [-0.1, -0.05) is 37.6 Å². The smallest absolute Gasteiger partial charge is 0.303 e. The SMILES string of the molecule is CCC1([C@@H](O)CC=C[C@H]2[C@H](O)CC(Cl)[C@@H]2CC=CCCCC(=O)O)CCC1. The van der Waals surface area contributed by atoms with E-state index in [1.165, 1.54) is 6.42 Å². The van der Waals surface area contributed by atoms with Crippen molar-refractivity contribution in [3.8, 4) is 0 Å². The molecule has 154 valence electrons. The third kappa shape index (κ3) is 6.07. The molecule has 2 fully saturated rings. The van der Waals surface area contributed by atoms with Gasteiger partial charge in [-0.3, -0.25) is 4.79 Å². The highest BCUT2D eigenvalue weighted by Gasteiger charge is 2.42. The van der Waals surface area contributed by atoms with Crippen LogP contribution in [0, 0.1) is 17.3 Å². The summed E-state index contributed by atoms with van der Waals surface area (Å²) in [6.07, 6.45) is 15.5. The van der Waals surface area contributed by atoms with Gasteiger partial charge in [0.15, 0.2) is 0 Å². The van der Waals surface area contributed by atoms with E-state index >= 15 is 0 Å². The summed E-state index contributed by atoms with van der Waals surface area (Å²) in [6.45, 7) is 2.16. The number of halogens is 1. The third-order valence-electron chi connectivity index (χ3n) is 6.68. The van der Waals surface area contributed by atoms with E-state index in [2.05, 4.69) is 19.1 Å². The van der Waals surface area contributed by atoms with E-state index in [9.17, 15) is 15.0 Å². The molecule has 0 radical (unpaired) electrons. The Morgan fingerprint density at radius 2 is 2.04 bits per heavy atom. The molecule has 0 spiro atoms. The first-order valence-electron chi connectivity index (χ1n) is 10.4. The summed E-state index contributed by atoms with van der Waals surface area (Å²) in [5.74, 6) is -0.570. The number of allylic oxidation sites excluding steroid dienone is 2. The average molecular weight is 399 g/mol. The molecule has 0 heterocycles. The molecule has 0 aromatic rings. The van der Waals surface area contributed by atoms with Crippen molar-refractivity contribution in [2.75, 3.05) is 0 Å². The monoisotopic (exact) mass is 398 g/mol. The number of unbranched alkanes of at least 4 members (excludes halogenated alkanes) is 1. The van der Waals surface area contributed by atoms with Crippen molar-refractivity contribution in [3.05, 3.63) is 24.3 Å². The molecule has 1 unspecified atom stereocenters. The normalized spacial score (nSPS) is 31.4. The quantitative estimate of drug-likeness (QED) is 0.268. The van der Waals surface area contributed by atoms with Crippen molar-refractivity contribution in [2.45, 2.75) is 88.7 Å². The largest absolute Gasteiger partial charge is 0.481 e. The molecule has 2 aliphatic carbocycles. The Morgan fingerprint density at radius 1 is 1.30 bits per heavy atom. The number of carboxylic acid groups (broad SMARTS) is 1. The van der Waals surface area contributed by atoms with E-state index in [0.29, 0.717) is 19.3 Å². The molecule has 27 heavy (non-hydrogen) atoms. The van der Waals surface area contributed by atoms with E-state index in [1.54, 1.807) is 0 Å². The van der Waals surface area contributed by atoms with Gasteiger partial charge in [0.25, 0.3) is 0 Å². The Kier molecular flexibility index (Phi) is 8.84. The number of hydrogen-bond acceptors (Lipinski definition) is 3. The van der Waals surface area contributed by atoms with Gasteiger partial charge >= 0.3 is 5.97 Å². The van der Waals surface area contributed by atoms with Crippen LogP contribution in [0.15, 0.2) is 24.3 Å². The summed E-state index contributed by atoms with van der Waals surface area (Å²) in [5, 5.41) is 29.5. The van der Waals surface area contributed by atoms with Crippen molar-refractivity contribution in [2.24, 2.45) is 17.3 Å². The van der Waals surface area contributed by atoms with E-state index in [4.69, 9.17) is 16.7 Å². The molecule has 0 saturated heterocycles. The lowest BCUT2D eigenvalue weighted by Crippen LogP contribution is -2.40. The average Bonchev–Trinajstić information content (AvgIpc) is 2.84. The van der Waals surface area contributed by atoms with Crippen LogP contribution in [-0.2, 0) is 4.79 Å². The molecule has 0 amide bonds. The number of aliphatic carboxylic acids is 1. The Bertz CT molecular complexity index is 521. The topological polar surface area (TPSA) is 77.8 Å². The zero-order valence-electron chi connectivity index (χ0n) is 16.4. The Morgan fingerprint density at radius 3 is 2.63 bits per heavy atom. The van der Waals surface area contributed by atoms with Gasteiger partial charge in [0, 0.05) is 17.7 Å². The Labute approximate surface area is 168 Å². The molecule has 0 aromatic heterocycles. The summed E-state index contributed by atoms with van der Waals surface area (Å²) in [7, 11) is 0. The summed E-state index contributed by atoms with van der Waals surface area (Å²) in [6, 6.07) is 0. The minimum absolute atomic E-state index is 0.0161. The molecule has 5 heteroatoms. The van der Waals surface area contributed by atoms with Gasteiger partial charge in [0.05, 0.1) is 12.2 Å².